The molecular weight excluding hydrogens is 342 g/mol. The van der Waals surface area contributed by atoms with Gasteiger partial charge in [0.05, 0.1) is 17.0 Å². The van der Waals surface area contributed by atoms with Crippen molar-refractivity contribution in [1.29, 1.82) is 0 Å². The first-order chi connectivity index (χ1) is 11.7. The molecule has 3 heterocycles. The zero-order chi connectivity index (χ0) is 16.5. The first kappa shape index (κ1) is 15.4. The minimum Gasteiger partial charge on any atom is -0.311 e. The summed E-state index contributed by atoms with van der Waals surface area (Å²) in [6, 6.07) is 9.87. The molecule has 0 unspecified atom stereocenters. The number of thiophene rings is 1. The second kappa shape index (κ2) is 6.41. The maximum Gasteiger partial charge on any atom is 0.268 e. The molecule has 0 aliphatic carbocycles. The van der Waals surface area contributed by atoms with Crippen molar-refractivity contribution in [1.82, 2.24) is 9.97 Å². The smallest absolute Gasteiger partial charge is 0.268 e. The molecule has 0 radical (unpaired) electrons. The predicted molar refractivity (Wildman–Crippen MR) is 98.9 cm³/mol. The molecule has 0 spiro atoms. The van der Waals surface area contributed by atoms with Crippen LogP contribution in [0.1, 0.15) is 11.4 Å². The van der Waals surface area contributed by atoms with Crippen molar-refractivity contribution in [2.75, 3.05) is 17.2 Å². The number of hydrogen-bond acceptors (Lipinski definition) is 5. The largest absolute Gasteiger partial charge is 0.311 e. The molecule has 5 nitrogen and oxygen atoms in total. The number of H-pyrrole nitrogens is 1. The average molecular weight is 357 g/mol. The topological polar surface area (TPSA) is 66.1 Å². The lowest BCUT2D eigenvalue weighted by Crippen LogP contribution is -2.30. The standard InChI is InChI=1S/C17H15N3O2S2/c21-15(20-7-5-11-3-1-2-4-13(11)20)10-23-9-14-18-12-6-8-24-16(12)17(22)19-14/h1-4,6,8H,5,7,9-10H2,(H,18,19,22). The molecule has 0 saturated carbocycles. The number of rotatable bonds is 4. The Morgan fingerprint density at radius 3 is 3.12 bits per heavy atom. The van der Waals surface area contributed by atoms with Gasteiger partial charge in [-0.25, -0.2) is 4.98 Å². The first-order valence-corrected chi connectivity index (χ1v) is 9.68. The molecule has 1 aromatic carbocycles. The van der Waals surface area contributed by atoms with Gasteiger partial charge in [0.2, 0.25) is 5.91 Å². The molecule has 122 valence electrons. The molecule has 1 N–H and O–H groups in total. The lowest BCUT2D eigenvalue weighted by atomic mass is 10.2. The van der Waals surface area contributed by atoms with Crippen LogP contribution in [0, 0.1) is 0 Å². The van der Waals surface area contributed by atoms with E-state index in [9.17, 15) is 9.59 Å². The Bertz CT molecular complexity index is 964. The molecule has 3 aromatic rings. The second-order valence-corrected chi connectivity index (χ2v) is 7.47. The Balaban J connectivity index is 1.40. The van der Waals surface area contributed by atoms with Crippen molar-refractivity contribution < 1.29 is 4.79 Å². The highest BCUT2D eigenvalue weighted by Crippen LogP contribution is 2.28. The van der Waals surface area contributed by atoms with Crippen LogP contribution in [0.3, 0.4) is 0 Å². The van der Waals surface area contributed by atoms with Gasteiger partial charge < -0.3 is 9.88 Å². The monoisotopic (exact) mass is 357 g/mol. The van der Waals surface area contributed by atoms with Gasteiger partial charge in [-0.15, -0.1) is 23.1 Å². The summed E-state index contributed by atoms with van der Waals surface area (Å²) < 4.78 is 0.647. The molecule has 1 aliphatic rings. The highest BCUT2D eigenvalue weighted by molar-refractivity contribution is 7.99. The van der Waals surface area contributed by atoms with Crippen LogP contribution >= 0.6 is 23.1 Å². The van der Waals surface area contributed by atoms with Gasteiger partial charge in [0.15, 0.2) is 0 Å². The van der Waals surface area contributed by atoms with Crippen LogP contribution in [0.5, 0.6) is 0 Å². The van der Waals surface area contributed by atoms with E-state index in [0.717, 1.165) is 24.2 Å². The molecule has 24 heavy (non-hydrogen) atoms. The number of aromatic nitrogens is 2. The minimum absolute atomic E-state index is 0.101. The van der Waals surface area contributed by atoms with Gasteiger partial charge in [0.1, 0.15) is 10.5 Å². The number of carbonyl (C=O) groups is 1. The predicted octanol–water partition coefficient (Wildman–Crippen LogP) is 2.81. The molecule has 7 heteroatoms. The maximum atomic E-state index is 12.5. The molecule has 0 fully saturated rings. The van der Waals surface area contributed by atoms with Crippen molar-refractivity contribution in [2.24, 2.45) is 0 Å². The second-order valence-electron chi connectivity index (χ2n) is 5.56. The highest BCUT2D eigenvalue weighted by Gasteiger charge is 2.23. The van der Waals surface area contributed by atoms with Crippen molar-refractivity contribution in [2.45, 2.75) is 12.2 Å². The lowest BCUT2D eigenvalue weighted by Gasteiger charge is -2.16. The Morgan fingerprint density at radius 1 is 1.33 bits per heavy atom. The fourth-order valence-corrected chi connectivity index (χ4v) is 4.39. The molecule has 1 aliphatic heterocycles. The molecule has 0 bridgehead atoms. The Morgan fingerprint density at radius 2 is 2.21 bits per heavy atom. The quantitative estimate of drug-likeness (QED) is 0.780. The van der Waals surface area contributed by atoms with Gasteiger partial charge in [-0.2, -0.15) is 0 Å². The molecule has 2 aromatic heterocycles. The summed E-state index contributed by atoms with van der Waals surface area (Å²) in [5, 5.41) is 1.86. The molecule has 0 atom stereocenters. The van der Waals surface area contributed by atoms with Crippen LogP contribution in [-0.2, 0) is 17.0 Å². The third-order valence-electron chi connectivity index (χ3n) is 4.02. The molecule has 1 amide bonds. The number of amides is 1. The SMILES string of the molecule is O=C(CSCc1nc2ccsc2c(=O)[nH]1)N1CCc2ccccc21. The maximum absolute atomic E-state index is 12.5. The summed E-state index contributed by atoms with van der Waals surface area (Å²) in [4.78, 5) is 33.5. The van der Waals surface area contributed by atoms with Crippen LogP contribution in [-0.4, -0.2) is 28.2 Å². The van der Waals surface area contributed by atoms with Crippen molar-refractivity contribution in [3.63, 3.8) is 0 Å². The normalized spacial score (nSPS) is 13.4. The number of nitrogens with one attached hydrogen (secondary N) is 1. The third-order valence-corrected chi connectivity index (χ3v) is 5.85. The third kappa shape index (κ3) is 2.85. The number of hydrogen-bond donors (Lipinski definition) is 1. The van der Waals surface area contributed by atoms with Gasteiger partial charge in [-0.1, -0.05) is 18.2 Å². The van der Waals surface area contributed by atoms with Gasteiger partial charge in [-0.05, 0) is 29.5 Å². The van der Waals surface area contributed by atoms with Crippen LogP contribution in [0.2, 0.25) is 0 Å². The van der Waals surface area contributed by atoms with E-state index in [1.54, 1.807) is 0 Å². The van der Waals surface area contributed by atoms with E-state index in [2.05, 4.69) is 16.0 Å². The van der Waals surface area contributed by atoms with E-state index in [1.165, 1.54) is 28.7 Å². The summed E-state index contributed by atoms with van der Waals surface area (Å²) in [6.45, 7) is 0.745. The van der Waals surface area contributed by atoms with E-state index in [-0.39, 0.29) is 11.5 Å². The van der Waals surface area contributed by atoms with Crippen LogP contribution in [0.4, 0.5) is 5.69 Å². The number of benzene rings is 1. The summed E-state index contributed by atoms with van der Waals surface area (Å²) in [5.41, 5.74) is 2.86. The Hall–Kier alpha value is -2.12. The van der Waals surface area contributed by atoms with Gasteiger partial charge in [0.25, 0.3) is 5.56 Å². The zero-order valence-electron chi connectivity index (χ0n) is 12.8. The highest BCUT2D eigenvalue weighted by atomic mass is 32.2. The van der Waals surface area contributed by atoms with Crippen molar-refractivity contribution in [3.05, 3.63) is 57.5 Å². The van der Waals surface area contributed by atoms with Crippen LogP contribution < -0.4 is 10.5 Å². The van der Waals surface area contributed by atoms with Crippen molar-refractivity contribution >= 4 is 44.9 Å². The Labute approximate surface area is 146 Å². The molecule has 4 rings (SSSR count). The summed E-state index contributed by atoms with van der Waals surface area (Å²) in [7, 11) is 0. The molecular formula is C17H15N3O2S2. The number of aromatic amines is 1. The van der Waals surface area contributed by atoms with E-state index in [1.807, 2.05) is 34.5 Å². The number of anilines is 1. The average Bonchev–Trinajstić information content (AvgIpc) is 3.21. The summed E-state index contributed by atoms with van der Waals surface area (Å²) in [6.07, 6.45) is 0.913. The number of carbonyl (C=O) groups excluding carboxylic acids is 1. The number of thioether (sulfide) groups is 1. The number of para-hydroxylation sites is 1. The zero-order valence-corrected chi connectivity index (χ0v) is 14.5. The van der Waals surface area contributed by atoms with Gasteiger partial charge in [0, 0.05) is 12.2 Å². The van der Waals surface area contributed by atoms with Crippen LogP contribution in [0.15, 0.2) is 40.5 Å². The van der Waals surface area contributed by atoms with Crippen molar-refractivity contribution in [3.8, 4) is 0 Å². The molecule has 0 saturated heterocycles. The lowest BCUT2D eigenvalue weighted by molar-refractivity contribution is -0.116. The first-order valence-electron chi connectivity index (χ1n) is 7.65. The van der Waals surface area contributed by atoms with E-state index >= 15 is 0 Å². The van der Waals surface area contributed by atoms with E-state index in [0.29, 0.717) is 22.0 Å². The number of fused-ring (bicyclic) bond motifs is 2. The fourth-order valence-electron chi connectivity index (χ4n) is 2.90. The number of nitrogens with zero attached hydrogens (tertiary/aromatic N) is 2. The van der Waals surface area contributed by atoms with Gasteiger partial charge >= 0.3 is 0 Å². The van der Waals surface area contributed by atoms with Crippen LogP contribution in [0.25, 0.3) is 10.2 Å². The van der Waals surface area contributed by atoms with Gasteiger partial charge in [-0.3, -0.25) is 9.59 Å². The van der Waals surface area contributed by atoms with E-state index < -0.39 is 0 Å². The Kier molecular flexibility index (Phi) is 4.12. The summed E-state index contributed by atoms with van der Waals surface area (Å²) >= 11 is 2.86. The summed E-state index contributed by atoms with van der Waals surface area (Å²) in [5.74, 6) is 1.61. The minimum atomic E-state index is -0.106. The van der Waals surface area contributed by atoms with E-state index in [4.69, 9.17) is 0 Å². The fraction of sp³-hybridized carbons (Fsp3) is 0.235.